The Morgan fingerprint density at radius 2 is 1.77 bits per heavy atom. The molecule has 0 fully saturated rings. The molecular weight excluding hydrogens is 344 g/mol. The largest absolute Gasteiger partial charge is 0.493 e. The topological polar surface area (TPSA) is 48.2 Å². The van der Waals surface area contributed by atoms with E-state index in [4.69, 9.17) is 9.26 Å². The van der Waals surface area contributed by atoms with Gasteiger partial charge in [0.1, 0.15) is 5.75 Å². The summed E-state index contributed by atoms with van der Waals surface area (Å²) in [5, 5.41) is 6.58. The second-order valence-corrected chi connectivity index (χ2v) is 6.79. The predicted octanol–water partition coefficient (Wildman–Crippen LogP) is 5.58. The molecule has 26 heavy (non-hydrogen) atoms. The molecule has 5 heteroatoms. The van der Waals surface area contributed by atoms with Crippen molar-refractivity contribution in [1.29, 1.82) is 0 Å². The number of benzene rings is 3. The van der Waals surface area contributed by atoms with E-state index >= 15 is 0 Å². The zero-order chi connectivity index (χ0) is 17.8. The van der Waals surface area contributed by atoms with E-state index in [2.05, 4.69) is 52.6 Å². The number of fused-ring (bicyclic) bond motifs is 1. The quantitative estimate of drug-likeness (QED) is 0.419. The van der Waals surface area contributed by atoms with Crippen molar-refractivity contribution in [1.82, 2.24) is 10.1 Å². The van der Waals surface area contributed by atoms with Crippen molar-refractivity contribution in [2.45, 2.75) is 17.6 Å². The third-order valence-electron chi connectivity index (χ3n) is 3.98. The number of hydrogen-bond acceptors (Lipinski definition) is 5. The molecule has 0 unspecified atom stereocenters. The van der Waals surface area contributed by atoms with Gasteiger partial charge in [0.15, 0.2) is 0 Å². The van der Waals surface area contributed by atoms with Gasteiger partial charge in [0.2, 0.25) is 11.7 Å². The van der Waals surface area contributed by atoms with Crippen LogP contribution in [0, 0.1) is 0 Å². The minimum Gasteiger partial charge on any atom is -0.493 e. The Hall–Kier alpha value is -2.79. The van der Waals surface area contributed by atoms with Gasteiger partial charge in [-0.1, -0.05) is 47.6 Å². The molecule has 0 amide bonds. The maximum Gasteiger partial charge on any atom is 0.237 e. The molecule has 0 N–H and O–H groups in total. The van der Waals surface area contributed by atoms with Gasteiger partial charge >= 0.3 is 0 Å². The molecule has 3 aromatic carbocycles. The fourth-order valence-corrected chi connectivity index (χ4v) is 3.54. The molecule has 0 saturated carbocycles. The van der Waals surface area contributed by atoms with Crippen LogP contribution in [0.5, 0.6) is 5.75 Å². The molecule has 4 nitrogen and oxygen atoms in total. The van der Waals surface area contributed by atoms with E-state index in [0.717, 1.165) is 11.3 Å². The summed E-state index contributed by atoms with van der Waals surface area (Å²) >= 11 is 1.68. The fourth-order valence-electron chi connectivity index (χ4n) is 2.76. The van der Waals surface area contributed by atoms with Gasteiger partial charge in [0, 0.05) is 4.90 Å². The van der Waals surface area contributed by atoms with E-state index in [-0.39, 0.29) is 0 Å². The second-order valence-electron chi connectivity index (χ2n) is 5.74. The number of para-hydroxylation sites is 1. The first-order valence-corrected chi connectivity index (χ1v) is 9.48. The molecular formula is C21H18N2O2S. The molecule has 1 aromatic heterocycles. The number of ether oxygens (including phenoxy) is 1. The fraction of sp³-hybridized carbons (Fsp3) is 0.143. The average molecular weight is 362 g/mol. The Balaban J connectivity index is 1.50. The van der Waals surface area contributed by atoms with Crippen molar-refractivity contribution in [3.05, 3.63) is 72.6 Å². The summed E-state index contributed by atoms with van der Waals surface area (Å²) < 4.78 is 11.1. The summed E-state index contributed by atoms with van der Waals surface area (Å²) in [6.45, 7) is 2.55. The smallest absolute Gasteiger partial charge is 0.237 e. The first-order valence-electron chi connectivity index (χ1n) is 8.50. The lowest BCUT2D eigenvalue weighted by molar-refractivity contribution is 0.341. The van der Waals surface area contributed by atoms with E-state index in [9.17, 15) is 0 Å². The summed E-state index contributed by atoms with van der Waals surface area (Å²) in [6, 6.07) is 22.5. The van der Waals surface area contributed by atoms with Gasteiger partial charge in [-0.05, 0) is 42.0 Å². The summed E-state index contributed by atoms with van der Waals surface area (Å²) in [5.74, 6) is 2.56. The summed E-state index contributed by atoms with van der Waals surface area (Å²) in [5.41, 5.74) is 0.847. The first kappa shape index (κ1) is 16.7. The summed E-state index contributed by atoms with van der Waals surface area (Å²) in [6.07, 6.45) is 0. The third-order valence-corrected chi connectivity index (χ3v) is 4.96. The van der Waals surface area contributed by atoms with Crippen LogP contribution in [-0.4, -0.2) is 16.7 Å². The molecule has 0 aliphatic rings. The molecule has 4 rings (SSSR count). The lowest BCUT2D eigenvalue weighted by Gasteiger charge is -2.06. The van der Waals surface area contributed by atoms with Crippen molar-refractivity contribution in [3.63, 3.8) is 0 Å². The van der Waals surface area contributed by atoms with Gasteiger partial charge in [-0.15, -0.1) is 11.8 Å². The monoisotopic (exact) mass is 362 g/mol. The maximum absolute atomic E-state index is 5.64. The summed E-state index contributed by atoms with van der Waals surface area (Å²) in [7, 11) is 0. The second kappa shape index (κ2) is 7.62. The number of hydrogen-bond donors (Lipinski definition) is 0. The highest BCUT2D eigenvalue weighted by Gasteiger charge is 2.13. The average Bonchev–Trinajstić information content (AvgIpc) is 3.16. The van der Waals surface area contributed by atoms with E-state index in [1.807, 2.05) is 31.2 Å². The molecule has 0 radical (unpaired) electrons. The number of rotatable bonds is 6. The standard InChI is InChI=1S/C21H18N2O2S/c1-2-24-19-10-6-5-9-18(19)21-22-20(25-23-21)14-26-17-12-11-15-7-3-4-8-16(15)13-17/h3-13H,2,14H2,1H3. The van der Waals surface area contributed by atoms with E-state index in [1.54, 1.807) is 11.8 Å². The molecule has 130 valence electrons. The van der Waals surface area contributed by atoms with E-state index in [1.165, 1.54) is 15.7 Å². The molecule has 0 aliphatic heterocycles. The van der Waals surface area contributed by atoms with Crippen molar-refractivity contribution in [2.75, 3.05) is 6.61 Å². The summed E-state index contributed by atoms with van der Waals surface area (Å²) in [4.78, 5) is 5.70. The Morgan fingerprint density at radius 1 is 0.962 bits per heavy atom. The number of aromatic nitrogens is 2. The Kier molecular flexibility index (Phi) is 4.88. The Bertz CT molecular complexity index is 1030. The van der Waals surface area contributed by atoms with Gasteiger partial charge in [-0.25, -0.2) is 0 Å². The molecule has 0 spiro atoms. The van der Waals surface area contributed by atoms with Crippen LogP contribution in [0.25, 0.3) is 22.2 Å². The van der Waals surface area contributed by atoms with Crippen LogP contribution >= 0.6 is 11.8 Å². The molecule has 1 heterocycles. The van der Waals surface area contributed by atoms with Crippen LogP contribution in [0.4, 0.5) is 0 Å². The van der Waals surface area contributed by atoms with Gasteiger partial charge in [-0.2, -0.15) is 4.98 Å². The van der Waals surface area contributed by atoms with Gasteiger partial charge in [-0.3, -0.25) is 0 Å². The highest BCUT2D eigenvalue weighted by atomic mass is 32.2. The lowest BCUT2D eigenvalue weighted by atomic mass is 10.1. The maximum atomic E-state index is 5.64. The van der Waals surface area contributed by atoms with Crippen molar-refractivity contribution < 1.29 is 9.26 Å². The van der Waals surface area contributed by atoms with Crippen LogP contribution in [-0.2, 0) is 5.75 Å². The van der Waals surface area contributed by atoms with Crippen LogP contribution < -0.4 is 4.74 Å². The molecule has 0 atom stereocenters. The van der Waals surface area contributed by atoms with Crippen LogP contribution in [0.15, 0.2) is 76.1 Å². The lowest BCUT2D eigenvalue weighted by Crippen LogP contribution is -1.94. The minimum atomic E-state index is 0.558. The highest BCUT2D eigenvalue weighted by molar-refractivity contribution is 7.98. The van der Waals surface area contributed by atoms with E-state index < -0.39 is 0 Å². The van der Waals surface area contributed by atoms with Gasteiger partial charge in [0.05, 0.1) is 17.9 Å². The number of nitrogens with zero attached hydrogens (tertiary/aromatic N) is 2. The van der Waals surface area contributed by atoms with Crippen LogP contribution in [0.1, 0.15) is 12.8 Å². The first-order chi connectivity index (χ1) is 12.8. The molecule has 0 aliphatic carbocycles. The molecule has 0 bridgehead atoms. The van der Waals surface area contributed by atoms with Crippen molar-refractivity contribution in [3.8, 4) is 17.1 Å². The van der Waals surface area contributed by atoms with E-state index in [0.29, 0.717) is 24.1 Å². The SMILES string of the molecule is CCOc1ccccc1-c1noc(CSc2ccc3ccccc3c2)n1. The minimum absolute atomic E-state index is 0.558. The van der Waals surface area contributed by atoms with Crippen molar-refractivity contribution >= 4 is 22.5 Å². The van der Waals surface area contributed by atoms with Gasteiger partial charge in [0.25, 0.3) is 0 Å². The predicted molar refractivity (Wildman–Crippen MR) is 104 cm³/mol. The molecule has 0 saturated heterocycles. The Morgan fingerprint density at radius 3 is 2.65 bits per heavy atom. The highest BCUT2D eigenvalue weighted by Crippen LogP contribution is 2.30. The van der Waals surface area contributed by atoms with Crippen LogP contribution in [0.3, 0.4) is 0 Å². The molecule has 4 aromatic rings. The van der Waals surface area contributed by atoms with Gasteiger partial charge < -0.3 is 9.26 Å². The zero-order valence-electron chi connectivity index (χ0n) is 14.4. The van der Waals surface area contributed by atoms with Crippen LogP contribution in [0.2, 0.25) is 0 Å². The Labute approximate surface area is 156 Å². The van der Waals surface area contributed by atoms with Crippen molar-refractivity contribution in [2.24, 2.45) is 0 Å². The number of thioether (sulfide) groups is 1. The zero-order valence-corrected chi connectivity index (χ0v) is 15.2. The third kappa shape index (κ3) is 3.58. The normalized spacial score (nSPS) is 11.0.